The zero-order valence-electron chi connectivity index (χ0n) is 16.6. The Morgan fingerprint density at radius 3 is 2.77 bits per heavy atom. The monoisotopic (exact) mass is 539 g/mol. The van der Waals surface area contributed by atoms with Gasteiger partial charge in [-0.05, 0) is 53.5 Å². The molecule has 2 aliphatic heterocycles. The molecule has 2 N–H and O–H groups in total. The van der Waals surface area contributed by atoms with E-state index in [2.05, 4.69) is 26.0 Å². The second-order valence-electron chi connectivity index (χ2n) is 7.64. The molecule has 31 heavy (non-hydrogen) atoms. The highest BCUT2D eigenvalue weighted by atomic mass is 79.9. The van der Waals surface area contributed by atoms with E-state index in [1.165, 1.54) is 11.3 Å². The molecule has 0 saturated carbocycles. The van der Waals surface area contributed by atoms with Crippen molar-refractivity contribution in [3.63, 3.8) is 0 Å². The Hall–Kier alpha value is -1.34. The molecule has 0 aliphatic carbocycles. The van der Waals surface area contributed by atoms with Crippen LogP contribution in [0, 0.1) is 0 Å². The number of rotatable bonds is 5. The van der Waals surface area contributed by atoms with E-state index >= 15 is 0 Å². The molecule has 1 fully saturated rings. The van der Waals surface area contributed by atoms with Crippen LogP contribution in [0.1, 0.15) is 22.4 Å². The number of likely N-dealkylation sites (tertiary alicyclic amines) is 1. The summed E-state index contributed by atoms with van der Waals surface area (Å²) in [5, 5.41) is 3.20. The number of hydrogen-bond donors (Lipinski definition) is 2. The fraction of sp³-hybridized carbons (Fsp3) is 0.474. The summed E-state index contributed by atoms with van der Waals surface area (Å²) >= 11 is 4.55. The summed E-state index contributed by atoms with van der Waals surface area (Å²) in [4.78, 5) is 2.95. The molecule has 1 atom stereocenters. The van der Waals surface area contributed by atoms with Crippen LogP contribution in [0.2, 0.25) is 0 Å². The molecule has 12 heteroatoms. The number of benzene rings is 1. The molecule has 0 amide bonds. The third-order valence-electron chi connectivity index (χ3n) is 5.25. The molecular formula is C19H21BrF3N3O3S2. The Balaban J connectivity index is 1.63. The van der Waals surface area contributed by atoms with Crippen molar-refractivity contribution in [1.82, 2.24) is 10.2 Å². The highest BCUT2D eigenvalue weighted by Crippen LogP contribution is 2.41. The van der Waals surface area contributed by atoms with Crippen molar-refractivity contribution in [3.05, 3.63) is 38.7 Å². The van der Waals surface area contributed by atoms with Crippen LogP contribution in [0.3, 0.4) is 0 Å². The number of nitrogens with zero attached hydrogens (tertiary/aromatic N) is 1. The molecule has 1 saturated heterocycles. The predicted octanol–water partition coefficient (Wildman–Crippen LogP) is 4.06. The van der Waals surface area contributed by atoms with E-state index < -0.39 is 21.8 Å². The number of nitrogens with one attached hydrogen (secondary N) is 2. The first kappa shape index (κ1) is 22.8. The van der Waals surface area contributed by atoms with E-state index in [1.807, 2.05) is 11.9 Å². The average Bonchev–Trinajstić information content (AvgIpc) is 3.24. The minimum Gasteiger partial charge on any atom is -0.488 e. The fourth-order valence-electron chi connectivity index (χ4n) is 3.72. The molecule has 1 aromatic heterocycles. The molecule has 6 nitrogen and oxygen atoms in total. The number of sulfonamides is 1. The van der Waals surface area contributed by atoms with Gasteiger partial charge < -0.3 is 15.0 Å². The Labute approximate surface area is 190 Å². The third-order valence-corrected chi connectivity index (χ3v) is 9.84. The van der Waals surface area contributed by atoms with Crippen molar-refractivity contribution in [3.8, 4) is 5.75 Å². The van der Waals surface area contributed by atoms with Gasteiger partial charge in [-0.25, -0.2) is 8.42 Å². The first-order valence-corrected chi connectivity index (χ1v) is 12.7. The van der Waals surface area contributed by atoms with Crippen LogP contribution in [-0.4, -0.2) is 46.1 Å². The lowest BCUT2D eigenvalue weighted by molar-refractivity contribution is -0.139. The second kappa shape index (κ2) is 8.54. The Morgan fingerprint density at radius 2 is 2.13 bits per heavy atom. The van der Waals surface area contributed by atoms with Gasteiger partial charge in [0.05, 0.1) is 15.7 Å². The lowest BCUT2D eigenvalue weighted by atomic mass is 10.1. The summed E-state index contributed by atoms with van der Waals surface area (Å²) in [5.74, 6) is -0.373. The molecule has 0 spiro atoms. The Morgan fingerprint density at radius 1 is 1.35 bits per heavy atom. The van der Waals surface area contributed by atoms with Crippen molar-refractivity contribution in [2.45, 2.75) is 35.9 Å². The summed E-state index contributed by atoms with van der Waals surface area (Å²) in [6.45, 7) is 2.57. The molecule has 0 unspecified atom stereocenters. The normalized spacial score (nSPS) is 20.0. The van der Waals surface area contributed by atoms with Crippen LogP contribution in [0.15, 0.2) is 26.9 Å². The lowest BCUT2D eigenvalue weighted by Gasteiger charge is -2.19. The average molecular weight is 540 g/mol. The quantitative estimate of drug-likeness (QED) is 0.599. The van der Waals surface area contributed by atoms with E-state index in [-0.39, 0.29) is 21.8 Å². The maximum atomic E-state index is 13.5. The second-order valence-corrected chi connectivity index (χ2v) is 11.4. The van der Waals surface area contributed by atoms with E-state index in [1.54, 1.807) is 0 Å². The molecule has 4 rings (SSSR count). The first-order chi connectivity index (χ1) is 14.5. The number of likely N-dealkylation sites (N-methyl/N-ethyl adjacent to an activating group) is 1. The molecular weight excluding hydrogens is 519 g/mol. The van der Waals surface area contributed by atoms with Gasteiger partial charge in [-0.1, -0.05) is 0 Å². The van der Waals surface area contributed by atoms with E-state index in [4.69, 9.17) is 4.74 Å². The van der Waals surface area contributed by atoms with Crippen LogP contribution < -0.4 is 14.8 Å². The highest BCUT2D eigenvalue weighted by molar-refractivity contribution is 9.10. The number of thiophene rings is 1. The first-order valence-electron chi connectivity index (χ1n) is 9.64. The zero-order valence-corrected chi connectivity index (χ0v) is 19.8. The van der Waals surface area contributed by atoms with Crippen molar-refractivity contribution < 1.29 is 26.3 Å². The SMILES string of the molecule is CN1CC[C@@H](Oc2cc(NS(=O)(=O)c3sc4c(c3Br)CNCC4)ccc2C(F)(F)F)C1. The summed E-state index contributed by atoms with van der Waals surface area (Å²) in [6, 6.07) is 3.07. The van der Waals surface area contributed by atoms with E-state index in [9.17, 15) is 21.6 Å². The van der Waals surface area contributed by atoms with Gasteiger partial charge in [0.15, 0.2) is 4.21 Å². The van der Waals surface area contributed by atoms with Gasteiger partial charge in [-0.3, -0.25) is 4.72 Å². The Bertz CT molecular complexity index is 1090. The number of ether oxygens (including phenoxy) is 1. The van der Waals surface area contributed by atoms with Gasteiger partial charge in [-0.2, -0.15) is 13.2 Å². The zero-order chi connectivity index (χ0) is 22.4. The number of alkyl halides is 3. The third kappa shape index (κ3) is 4.87. The molecule has 2 aromatic rings. The summed E-state index contributed by atoms with van der Waals surface area (Å²) in [7, 11) is -2.12. The number of hydrogen-bond acceptors (Lipinski definition) is 6. The maximum Gasteiger partial charge on any atom is 0.419 e. The van der Waals surface area contributed by atoms with Gasteiger partial charge in [0.25, 0.3) is 10.0 Å². The largest absolute Gasteiger partial charge is 0.488 e. The van der Waals surface area contributed by atoms with Gasteiger partial charge in [0.1, 0.15) is 11.9 Å². The standard InChI is InChI=1S/C19H21BrF3N3O3S2/c1-26-7-5-12(10-26)29-15-8-11(2-3-14(15)19(21,22)23)25-31(27,28)18-17(20)13-9-24-6-4-16(13)30-18/h2-3,8,12,24-25H,4-7,9-10H2,1H3/t12-/m1/s1. The Kier molecular flexibility index (Phi) is 6.29. The number of halogens is 4. The van der Waals surface area contributed by atoms with Crippen LogP contribution in [0.25, 0.3) is 0 Å². The van der Waals surface area contributed by atoms with E-state index in [0.717, 1.165) is 48.2 Å². The van der Waals surface area contributed by atoms with Crippen LogP contribution in [0.4, 0.5) is 18.9 Å². The van der Waals surface area contributed by atoms with Crippen molar-refractivity contribution in [2.24, 2.45) is 0 Å². The van der Waals surface area contributed by atoms with Crippen molar-refractivity contribution >= 4 is 43.0 Å². The molecule has 170 valence electrons. The molecule has 0 bridgehead atoms. The van der Waals surface area contributed by atoms with E-state index in [0.29, 0.717) is 24.0 Å². The maximum absolute atomic E-state index is 13.5. The van der Waals surface area contributed by atoms with Crippen LogP contribution in [0.5, 0.6) is 5.75 Å². The minimum atomic E-state index is -4.61. The molecule has 2 aliphatic rings. The molecule has 3 heterocycles. The smallest absolute Gasteiger partial charge is 0.419 e. The van der Waals surface area contributed by atoms with Gasteiger partial charge in [-0.15, -0.1) is 11.3 Å². The van der Waals surface area contributed by atoms with Gasteiger partial charge >= 0.3 is 6.18 Å². The lowest BCUT2D eigenvalue weighted by Crippen LogP contribution is -2.23. The van der Waals surface area contributed by atoms with Gasteiger partial charge in [0, 0.05) is 37.1 Å². The highest BCUT2D eigenvalue weighted by Gasteiger charge is 2.36. The number of anilines is 1. The van der Waals surface area contributed by atoms with Crippen molar-refractivity contribution in [1.29, 1.82) is 0 Å². The number of fused-ring (bicyclic) bond motifs is 1. The summed E-state index contributed by atoms with van der Waals surface area (Å²) < 4.78 is 75.1. The fourth-order valence-corrected chi connectivity index (χ4v) is 7.81. The topological polar surface area (TPSA) is 70.7 Å². The minimum absolute atomic E-state index is 0.0192. The molecule has 0 radical (unpaired) electrons. The summed E-state index contributed by atoms with van der Waals surface area (Å²) in [6.07, 6.45) is -3.67. The van der Waals surface area contributed by atoms with Crippen molar-refractivity contribution in [2.75, 3.05) is 31.4 Å². The van der Waals surface area contributed by atoms with Crippen LogP contribution >= 0.6 is 27.3 Å². The summed E-state index contributed by atoms with van der Waals surface area (Å²) in [5.41, 5.74) is -0.00647. The molecule has 1 aromatic carbocycles. The predicted molar refractivity (Wildman–Crippen MR) is 116 cm³/mol. The van der Waals surface area contributed by atoms with Crippen LogP contribution in [-0.2, 0) is 29.2 Å². The van der Waals surface area contributed by atoms with Gasteiger partial charge in [0.2, 0.25) is 0 Å².